The first-order valence-electron chi connectivity index (χ1n) is 11.6. The van der Waals surface area contributed by atoms with Crippen molar-refractivity contribution in [3.8, 4) is 5.69 Å². The largest absolute Gasteiger partial charge is 0.465 e. The van der Waals surface area contributed by atoms with Gasteiger partial charge in [0.25, 0.3) is 0 Å². The lowest BCUT2D eigenvalue weighted by molar-refractivity contribution is 0.0600. The van der Waals surface area contributed by atoms with Crippen LogP contribution < -0.4 is 10.6 Å². The highest BCUT2D eigenvalue weighted by atomic mass is 35.5. The van der Waals surface area contributed by atoms with Crippen LogP contribution in [-0.4, -0.2) is 60.3 Å². The third kappa shape index (κ3) is 4.57. The van der Waals surface area contributed by atoms with Gasteiger partial charge in [0.2, 0.25) is 0 Å². The molecule has 0 saturated carbocycles. The van der Waals surface area contributed by atoms with Crippen molar-refractivity contribution in [3.05, 3.63) is 93.4 Å². The van der Waals surface area contributed by atoms with E-state index in [0.29, 0.717) is 17.1 Å². The Bertz CT molecular complexity index is 1430. The van der Waals surface area contributed by atoms with Gasteiger partial charge in [0, 0.05) is 36.9 Å². The van der Waals surface area contributed by atoms with E-state index in [1.165, 1.54) is 7.11 Å². The summed E-state index contributed by atoms with van der Waals surface area (Å²) < 4.78 is 8.24. The van der Waals surface area contributed by atoms with Crippen LogP contribution >= 0.6 is 11.6 Å². The fraction of sp³-hybridized carbons (Fsp3) is 0.259. The number of benzene rings is 3. The van der Waals surface area contributed by atoms with E-state index in [4.69, 9.17) is 16.3 Å². The summed E-state index contributed by atoms with van der Waals surface area (Å²) in [4.78, 5) is 30.3. The van der Waals surface area contributed by atoms with E-state index in [2.05, 4.69) is 29.0 Å². The molecule has 8 heteroatoms. The van der Waals surface area contributed by atoms with Crippen LogP contribution in [0.1, 0.15) is 15.9 Å². The summed E-state index contributed by atoms with van der Waals surface area (Å²) in [6, 6.07) is 20.7. The molecule has 0 spiro atoms. The van der Waals surface area contributed by atoms with Gasteiger partial charge in [-0.15, -0.1) is 0 Å². The van der Waals surface area contributed by atoms with Crippen LogP contribution in [0.5, 0.6) is 0 Å². The minimum Gasteiger partial charge on any atom is -0.465 e. The van der Waals surface area contributed by atoms with Gasteiger partial charge in [-0.1, -0.05) is 23.7 Å². The standard InChI is InChI=1S/C27H27ClN4O3/c1-29-12-14-30(15-13-29)22-7-9-23(10-8-22)32-25-17-21(28)6-11-24(25)31(27(32)34)18-19-4-3-5-20(16-19)26(33)35-2/h3-11,16-17H,12-15,18H2,1-2H3. The minimum atomic E-state index is -0.408. The fourth-order valence-corrected chi connectivity index (χ4v) is 4.77. The van der Waals surface area contributed by atoms with Crippen molar-refractivity contribution in [1.82, 2.24) is 14.0 Å². The maximum atomic E-state index is 13.7. The molecule has 0 amide bonds. The molecule has 5 rings (SSSR count). The van der Waals surface area contributed by atoms with E-state index in [-0.39, 0.29) is 5.69 Å². The molecule has 0 atom stereocenters. The van der Waals surface area contributed by atoms with Gasteiger partial charge in [0.1, 0.15) is 0 Å². The van der Waals surface area contributed by atoms with Gasteiger partial charge >= 0.3 is 11.7 Å². The van der Waals surface area contributed by atoms with Crippen molar-refractivity contribution in [3.63, 3.8) is 0 Å². The lowest BCUT2D eigenvalue weighted by atomic mass is 10.1. The number of aromatic nitrogens is 2. The zero-order chi connectivity index (χ0) is 24.5. The molecule has 180 valence electrons. The molecule has 2 heterocycles. The maximum Gasteiger partial charge on any atom is 0.337 e. The Hall–Kier alpha value is -3.55. The van der Waals surface area contributed by atoms with E-state index in [1.807, 2.05) is 30.3 Å². The summed E-state index contributed by atoms with van der Waals surface area (Å²) in [6.45, 7) is 4.34. The van der Waals surface area contributed by atoms with Crippen LogP contribution in [0.15, 0.2) is 71.5 Å². The van der Waals surface area contributed by atoms with Crippen LogP contribution in [-0.2, 0) is 11.3 Å². The molecule has 7 nitrogen and oxygen atoms in total. The highest BCUT2D eigenvalue weighted by Gasteiger charge is 2.18. The molecule has 1 aromatic heterocycles. The molecule has 1 aliphatic rings. The number of rotatable bonds is 5. The van der Waals surface area contributed by atoms with Gasteiger partial charge in [0.05, 0.1) is 35.9 Å². The Labute approximate surface area is 208 Å². The number of halogens is 1. The number of anilines is 1. The maximum absolute atomic E-state index is 13.7. The van der Waals surface area contributed by atoms with Crippen LogP contribution in [0.2, 0.25) is 5.02 Å². The van der Waals surface area contributed by atoms with Crippen molar-refractivity contribution in [2.75, 3.05) is 45.2 Å². The Balaban J connectivity index is 1.54. The normalized spacial score (nSPS) is 14.4. The summed E-state index contributed by atoms with van der Waals surface area (Å²) in [7, 11) is 3.49. The third-order valence-corrected chi connectivity index (χ3v) is 6.79. The van der Waals surface area contributed by atoms with Gasteiger partial charge in [-0.2, -0.15) is 0 Å². The van der Waals surface area contributed by atoms with Gasteiger partial charge < -0.3 is 14.5 Å². The van der Waals surface area contributed by atoms with Crippen LogP contribution in [0.4, 0.5) is 5.69 Å². The quantitative estimate of drug-likeness (QED) is 0.395. The molecule has 0 bridgehead atoms. The van der Waals surface area contributed by atoms with Gasteiger partial charge in [-0.05, 0) is 67.2 Å². The Morgan fingerprint density at radius 2 is 1.63 bits per heavy atom. The molecule has 1 aliphatic heterocycles. The first-order valence-corrected chi connectivity index (χ1v) is 11.9. The van der Waals surface area contributed by atoms with Crippen molar-refractivity contribution in [1.29, 1.82) is 0 Å². The molecule has 0 radical (unpaired) electrons. The smallest absolute Gasteiger partial charge is 0.337 e. The van der Waals surface area contributed by atoms with Crippen molar-refractivity contribution in [2.24, 2.45) is 0 Å². The van der Waals surface area contributed by atoms with Gasteiger partial charge in [-0.25, -0.2) is 9.59 Å². The van der Waals surface area contributed by atoms with E-state index in [0.717, 1.165) is 54.2 Å². The SMILES string of the molecule is COC(=O)c1cccc(Cn2c(=O)n(-c3ccc(N4CCN(C)CC4)cc3)c3cc(Cl)ccc32)c1. The number of hydrogen-bond donors (Lipinski definition) is 0. The molecule has 0 unspecified atom stereocenters. The minimum absolute atomic E-state index is 0.168. The molecular formula is C27H27ClN4O3. The molecule has 35 heavy (non-hydrogen) atoms. The van der Waals surface area contributed by atoms with Crippen molar-refractivity contribution < 1.29 is 9.53 Å². The van der Waals surface area contributed by atoms with E-state index in [9.17, 15) is 9.59 Å². The number of carbonyl (C=O) groups is 1. The van der Waals surface area contributed by atoms with Crippen molar-refractivity contribution in [2.45, 2.75) is 6.54 Å². The highest BCUT2D eigenvalue weighted by Crippen LogP contribution is 2.25. The number of likely N-dealkylation sites (N-methyl/N-ethyl adjacent to an activating group) is 1. The fourth-order valence-electron chi connectivity index (χ4n) is 4.61. The van der Waals surface area contributed by atoms with Crippen LogP contribution in [0.3, 0.4) is 0 Å². The molecule has 1 saturated heterocycles. The zero-order valence-electron chi connectivity index (χ0n) is 19.8. The average molecular weight is 491 g/mol. The number of hydrogen-bond acceptors (Lipinski definition) is 5. The second-order valence-corrected chi connectivity index (χ2v) is 9.27. The highest BCUT2D eigenvalue weighted by molar-refractivity contribution is 6.31. The van der Waals surface area contributed by atoms with Gasteiger partial charge in [-0.3, -0.25) is 9.13 Å². The monoisotopic (exact) mass is 490 g/mol. The third-order valence-electron chi connectivity index (χ3n) is 6.56. The first-order chi connectivity index (χ1) is 16.9. The summed E-state index contributed by atoms with van der Waals surface area (Å²) in [6.07, 6.45) is 0. The predicted octanol–water partition coefficient (Wildman–Crippen LogP) is 4.03. The number of ether oxygens (including phenoxy) is 1. The van der Waals surface area contributed by atoms with E-state index >= 15 is 0 Å². The average Bonchev–Trinajstić information content (AvgIpc) is 3.14. The lowest BCUT2D eigenvalue weighted by Crippen LogP contribution is -2.44. The molecule has 3 aromatic carbocycles. The molecule has 4 aromatic rings. The second-order valence-electron chi connectivity index (χ2n) is 8.84. The van der Waals surface area contributed by atoms with Gasteiger partial charge in [0.15, 0.2) is 0 Å². The molecule has 0 N–H and O–H groups in total. The molecule has 1 fully saturated rings. The summed E-state index contributed by atoms with van der Waals surface area (Å²) in [5.41, 5.74) is 4.54. The topological polar surface area (TPSA) is 59.7 Å². The lowest BCUT2D eigenvalue weighted by Gasteiger charge is -2.34. The van der Waals surface area contributed by atoms with E-state index < -0.39 is 5.97 Å². The number of fused-ring (bicyclic) bond motifs is 1. The number of imidazole rings is 1. The summed E-state index contributed by atoms with van der Waals surface area (Å²) in [5, 5.41) is 0.560. The number of carbonyl (C=O) groups excluding carboxylic acids is 1. The number of nitrogens with zero attached hydrogens (tertiary/aromatic N) is 4. The molecular weight excluding hydrogens is 464 g/mol. The van der Waals surface area contributed by atoms with Crippen LogP contribution in [0, 0.1) is 0 Å². The predicted molar refractivity (Wildman–Crippen MR) is 139 cm³/mol. The van der Waals surface area contributed by atoms with Crippen LogP contribution in [0.25, 0.3) is 16.7 Å². The Kier molecular flexibility index (Phi) is 6.36. The Morgan fingerprint density at radius 3 is 2.34 bits per heavy atom. The number of methoxy groups -OCH3 is 1. The number of esters is 1. The zero-order valence-corrected chi connectivity index (χ0v) is 20.5. The summed E-state index contributed by atoms with van der Waals surface area (Å²) >= 11 is 6.32. The van der Waals surface area contributed by atoms with Crippen molar-refractivity contribution >= 4 is 34.3 Å². The molecule has 0 aliphatic carbocycles. The Morgan fingerprint density at radius 1 is 0.914 bits per heavy atom. The first kappa shape index (κ1) is 23.2. The summed E-state index contributed by atoms with van der Waals surface area (Å²) in [5.74, 6) is -0.408. The number of piperazine rings is 1. The second kappa shape index (κ2) is 9.60. The van der Waals surface area contributed by atoms with E-state index in [1.54, 1.807) is 33.4 Å².